The lowest BCUT2D eigenvalue weighted by Gasteiger charge is -2.35. The van der Waals surface area contributed by atoms with Crippen LogP contribution in [0.1, 0.15) is 43.6 Å². The lowest BCUT2D eigenvalue weighted by atomic mass is 10.0. The number of rotatable bonds is 10. The van der Waals surface area contributed by atoms with Crippen LogP contribution >= 0.6 is 11.8 Å². The number of allylic oxidation sites excluding steroid dienone is 2. The number of aliphatic hydroxyl groups excluding tert-OH is 2. The van der Waals surface area contributed by atoms with Gasteiger partial charge in [-0.3, -0.25) is 4.79 Å². The monoisotopic (exact) mass is 652 g/mol. The normalized spacial score (nSPS) is 13.4. The maximum atomic E-state index is 11.1. The summed E-state index contributed by atoms with van der Waals surface area (Å²) in [6.45, 7) is 10.0. The van der Waals surface area contributed by atoms with E-state index in [-0.39, 0.29) is 11.5 Å². The van der Waals surface area contributed by atoms with Gasteiger partial charge in [-0.1, -0.05) is 54.6 Å². The van der Waals surface area contributed by atoms with Crippen LogP contribution in [0, 0.1) is 5.92 Å². The Hall–Kier alpha value is -4.16. The molecule has 0 saturated heterocycles. The Bertz CT molecular complexity index is 1460. The Balaban J connectivity index is 0.000000259. The Morgan fingerprint density at radius 3 is 1.78 bits per heavy atom. The number of carboxylic acids is 2. The zero-order valence-electron chi connectivity index (χ0n) is 27.0. The van der Waals surface area contributed by atoms with Gasteiger partial charge in [0.25, 0.3) is 0 Å². The van der Waals surface area contributed by atoms with Crippen molar-refractivity contribution >= 4 is 40.9 Å². The van der Waals surface area contributed by atoms with Crippen LogP contribution in [0.2, 0.25) is 0 Å². The largest absolute Gasteiger partial charge is 0.508 e. The third-order valence-corrected chi connectivity index (χ3v) is 7.85. The number of anilines is 2. The summed E-state index contributed by atoms with van der Waals surface area (Å²) < 4.78 is 0. The molecule has 3 aromatic carbocycles. The van der Waals surface area contributed by atoms with Gasteiger partial charge in [0, 0.05) is 28.4 Å². The van der Waals surface area contributed by atoms with Crippen LogP contribution in [0.15, 0.2) is 88.2 Å². The van der Waals surface area contributed by atoms with E-state index in [0.717, 1.165) is 18.7 Å². The Morgan fingerprint density at radius 1 is 0.848 bits per heavy atom. The van der Waals surface area contributed by atoms with Gasteiger partial charge in [-0.2, -0.15) is 0 Å². The molecule has 0 aromatic heterocycles. The number of ketones is 1. The van der Waals surface area contributed by atoms with Gasteiger partial charge in [-0.25, -0.2) is 9.59 Å². The van der Waals surface area contributed by atoms with Crippen molar-refractivity contribution in [1.82, 2.24) is 4.90 Å². The van der Waals surface area contributed by atoms with Gasteiger partial charge < -0.3 is 35.3 Å². The summed E-state index contributed by atoms with van der Waals surface area (Å²) in [6.07, 6.45) is -1.84. The summed E-state index contributed by atoms with van der Waals surface area (Å²) in [6, 6.07) is 22.4. The molecule has 0 spiro atoms. The van der Waals surface area contributed by atoms with Crippen molar-refractivity contribution in [2.45, 2.75) is 56.1 Å². The van der Waals surface area contributed by atoms with Gasteiger partial charge in [0.1, 0.15) is 5.75 Å². The topological polar surface area (TPSA) is 159 Å². The first-order valence-electron chi connectivity index (χ1n) is 14.7. The van der Waals surface area contributed by atoms with E-state index in [0.29, 0.717) is 17.9 Å². The van der Waals surface area contributed by atoms with Gasteiger partial charge in [0.15, 0.2) is 18.0 Å². The van der Waals surface area contributed by atoms with E-state index in [1.54, 1.807) is 18.2 Å². The Morgan fingerprint density at radius 2 is 1.35 bits per heavy atom. The van der Waals surface area contributed by atoms with Crippen molar-refractivity contribution in [3.05, 3.63) is 89.5 Å². The fourth-order valence-electron chi connectivity index (χ4n) is 4.52. The maximum Gasteiger partial charge on any atom is 0.335 e. The molecule has 0 fully saturated rings. The molecule has 0 radical (unpaired) electrons. The van der Waals surface area contributed by atoms with Gasteiger partial charge in [-0.05, 0) is 95.2 Å². The number of hydrogen-bond donors (Lipinski definition) is 5. The number of Topliss-reactive ketones (excluding diaryl/α,β-unsaturated/α-hetero) is 1. The smallest absolute Gasteiger partial charge is 0.335 e. The molecule has 3 unspecified atom stereocenters. The van der Waals surface area contributed by atoms with E-state index in [1.165, 1.54) is 33.7 Å². The van der Waals surface area contributed by atoms with Gasteiger partial charge in [-0.15, -0.1) is 0 Å². The SMILES string of the molecule is CC(=O)c1ccc(O)c(CC=C(C)C)c1.CC(CN(C)C)CN1c2ccccc2Sc2ccccc21.O=C(O)C(O)C(O)C(=O)O. The molecule has 1 aliphatic heterocycles. The molecule has 0 bridgehead atoms. The van der Waals surface area contributed by atoms with E-state index in [2.05, 4.69) is 79.3 Å². The van der Waals surface area contributed by atoms with E-state index in [9.17, 15) is 19.5 Å². The van der Waals surface area contributed by atoms with E-state index < -0.39 is 24.1 Å². The number of benzene rings is 3. The van der Waals surface area contributed by atoms with Crippen LogP contribution < -0.4 is 4.90 Å². The van der Waals surface area contributed by atoms with Crippen LogP contribution in [0.25, 0.3) is 0 Å². The molecule has 1 aliphatic rings. The first-order chi connectivity index (χ1) is 21.6. The third-order valence-electron chi connectivity index (χ3n) is 6.72. The Kier molecular flexibility index (Phi) is 15.0. The number of carbonyl (C=O) groups is 3. The van der Waals surface area contributed by atoms with Gasteiger partial charge in [0.2, 0.25) is 0 Å². The zero-order chi connectivity index (χ0) is 34.6. The minimum Gasteiger partial charge on any atom is -0.508 e. The van der Waals surface area contributed by atoms with Crippen molar-refractivity contribution in [2.75, 3.05) is 32.1 Å². The number of aliphatic carboxylic acids is 2. The number of aromatic hydroxyl groups is 1. The predicted molar refractivity (Wildman–Crippen MR) is 180 cm³/mol. The highest BCUT2D eigenvalue weighted by atomic mass is 32.2. The molecule has 10 nitrogen and oxygen atoms in total. The number of aliphatic hydroxyl groups is 2. The van der Waals surface area contributed by atoms with Crippen molar-refractivity contribution in [3.63, 3.8) is 0 Å². The minimum absolute atomic E-state index is 0.0217. The van der Waals surface area contributed by atoms with Crippen LogP contribution in [-0.2, 0) is 16.0 Å². The standard InChI is InChI=1S/C18H22N2S.C13H16O2.C4H6O6/c1-14(12-19(2)3)13-20-15-8-4-6-10-17(15)21-18-11-7-5-9-16(18)20;1-9(2)4-5-12-8-11(10(3)14)6-7-13(12)15;5-1(3(7)8)2(6)4(9)10/h4-11,14H,12-13H2,1-3H3;4,6-8,15H,5H2,1-3H3;1-2,5-6H,(H,7,8)(H,9,10). The van der Waals surface area contributed by atoms with Crippen LogP contribution in [0.5, 0.6) is 5.75 Å². The second-order valence-electron chi connectivity index (χ2n) is 11.5. The fourth-order valence-corrected chi connectivity index (χ4v) is 5.62. The number of para-hydroxylation sites is 2. The molecule has 0 saturated carbocycles. The zero-order valence-corrected chi connectivity index (χ0v) is 27.9. The predicted octanol–water partition coefficient (Wildman–Crippen LogP) is 5.47. The first kappa shape index (κ1) is 38.0. The Labute approximate surface area is 274 Å². The molecular weight excluding hydrogens is 608 g/mol. The summed E-state index contributed by atoms with van der Waals surface area (Å²) in [4.78, 5) is 38.1. The third kappa shape index (κ3) is 11.6. The molecule has 3 aromatic rings. The summed E-state index contributed by atoms with van der Waals surface area (Å²) >= 11 is 1.88. The summed E-state index contributed by atoms with van der Waals surface area (Å²) in [5.41, 5.74) is 5.31. The summed E-state index contributed by atoms with van der Waals surface area (Å²) in [5.74, 6) is -2.65. The number of nitrogens with zero attached hydrogens (tertiary/aromatic N) is 2. The fraction of sp³-hybridized carbons (Fsp3) is 0.343. The van der Waals surface area contributed by atoms with Crippen LogP contribution in [0.4, 0.5) is 11.4 Å². The molecule has 248 valence electrons. The van der Waals surface area contributed by atoms with Crippen molar-refractivity contribution in [2.24, 2.45) is 5.92 Å². The molecule has 1 heterocycles. The molecule has 11 heteroatoms. The lowest BCUT2D eigenvalue weighted by Crippen LogP contribution is -2.39. The second-order valence-corrected chi connectivity index (χ2v) is 12.6. The molecule has 4 rings (SSSR count). The average Bonchev–Trinajstić information content (AvgIpc) is 2.99. The molecular formula is C35H44N2O8S. The molecule has 0 amide bonds. The summed E-state index contributed by atoms with van der Waals surface area (Å²) in [7, 11) is 4.29. The van der Waals surface area contributed by atoms with Crippen molar-refractivity contribution < 1.29 is 39.9 Å². The minimum atomic E-state index is -2.27. The highest BCUT2D eigenvalue weighted by Crippen LogP contribution is 2.48. The average molecular weight is 653 g/mol. The molecule has 0 aliphatic carbocycles. The van der Waals surface area contributed by atoms with Crippen LogP contribution in [0.3, 0.4) is 0 Å². The van der Waals surface area contributed by atoms with E-state index in [4.69, 9.17) is 20.4 Å². The summed E-state index contributed by atoms with van der Waals surface area (Å²) in [5, 5.41) is 42.1. The molecule has 5 N–H and O–H groups in total. The lowest BCUT2D eigenvalue weighted by molar-refractivity contribution is -0.165. The number of hydrogen-bond acceptors (Lipinski definition) is 9. The molecule has 46 heavy (non-hydrogen) atoms. The number of phenols is 1. The number of phenolic OH excluding ortho intramolecular Hbond substituents is 1. The number of carboxylic acid groups (broad SMARTS) is 2. The highest BCUT2D eigenvalue weighted by Gasteiger charge is 2.29. The van der Waals surface area contributed by atoms with Gasteiger partial charge >= 0.3 is 11.9 Å². The number of fused-ring (bicyclic) bond motifs is 2. The number of carbonyl (C=O) groups excluding carboxylic acids is 1. The van der Waals surface area contributed by atoms with Crippen molar-refractivity contribution in [3.8, 4) is 5.75 Å². The first-order valence-corrected chi connectivity index (χ1v) is 15.5. The van der Waals surface area contributed by atoms with Crippen molar-refractivity contribution in [1.29, 1.82) is 0 Å². The second kappa shape index (κ2) is 18.1. The van der Waals surface area contributed by atoms with E-state index in [1.807, 2.05) is 31.7 Å². The highest BCUT2D eigenvalue weighted by molar-refractivity contribution is 7.99. The quantitative estimate of drug-likeness (QED) is 0.140. The van der Waals surface area contributed by atoms with E-state index >= 15 is 0 Å². The maximum absolute atomic E-state index is 11.1. The van der Waals surface area contributed by atoms with Gasteiger partial charge in [0.05, 0.1) is 11.4 Å². The van der Waals surface area contributed by atoms with Crippen LogP contribution in [-0.4, -0.2) is 87.5 Å². The molecule has 3 atom stereocenters.